The fourth-order valence-corrected chi connectivity index (χ4v) is 1.55. The molecule has 0 aliphatic carbocycles. The van der Waals surface area contributed by atoms with Crippen LogP contribution in [-0.4, -0.2) is 19.8 Å². The van der Waals surface area contributed by atoms with Crippen molar-refractivity contribution in [3.8, 4) is 0 Å². The largest absolute Gasteiger partial charge is 0.297 e. The molecule has 0 saturated heterocycles. The summed E-state index contributed by atoms with van der Waals surface area (Å²) in [7, 11) is -3.62. The number of nitrogens with two attached hydrogens (primary N) is 1. The van der Waals surface area contributed by atoms with Gasteiger partial charge in [0.05, 0.1) is 5.54 Å². The van der Waals surface area contributed by atoms with E-state index in [1.807, 2.05) is 13.8 Å². The molecule has 0 aromatic rings. The van der Waals surface area contributed by atoms with E-state index in [0.29, 0.717) is 12.3 Å². The summed E-state index contributed by atoms with van der Waals surface area (Å²) in [4.78, 5) is 4.10. The molecule has 6 heteroatoms. The van der Waals surface area contributed by atoms with Gasteiger partial charge in [0.25, 0.3) is 10.2 Å². The van der Waals surface area contributed by atoms with E-state index in [-0.39, 0.29) is 5.54 Å². The molecule has 1 unspecified atom stereocenters. The Bertz CT molecular complexity index is 309. The molecule has 0 bridgehead atoms. The van der Waals surface area contributed by atoms with Gasteiger partial charge in [-0.15, -0.1) is 0 Å². The van der Waals surface area contributed by atoms with Gasteiger partial charge in [0.1, 0.15) is 5.84 Å². The van der Waals surface area contributed by atoms with Crippen molar-refractivity contribution < 1.29 is 8.42 Å². The Balaban J connectivity index is 2.58. The van der Waals surface area contributed by atoms with E-state index in [9.17, 15) is 8.42 Å². The topological polar surface area (TPSA) is 84.5 Å². The highest BCUT2D eigenvalue weighted by Crippen LogP contribution is 2.28. The molecule has 0 amide bonds. The van der Waals surface area contributed by atoms with Gasteiger partial charge in [-0.05, 0) is 13.3 Å². The average Bonchev–Trinajstić information content (AvgIpc) is 1.81. The highest BCUT2D eigenvalue weighted by atomic mass is 32.2. The van der Waals surface area contributed by atoms with Crippen LogP contribution < -0.4 is 9.86 Å². The number of hydrogen-bond acceptors (Lipinski definition) is 3. The van der Waals surface area contributed by atoms with Crippen LogP contribution in [0.5, 0.6) is 0 Å². The second kappa shape index (κ2) is 2.70. The summed E-state index contributed by atoms with van der Waals surface area (Å²) in [6.07, 6.45) is 1.56. The molecule has 1 atom stereocenters. The van der Waals surface area contributed by atoms with Crippen LogP contribution in [0, 0.1) is 0 Å². The van der Waals surface area contributed by atoms with Crippen LogP contribution >= 0.6 is 0 Å². The van der Waals surface area contributed by atoms with Gasteiger partial charge >= 0.3 is 0 Å². The summed E-state index contributed by atoms with van der Waals surface area (Å²) in [5.74, 6) is 0.460. The Morgan fingerprint density at radius 1 is 1.75 bits per heavy atom. The third-order valence-electron chi connectivity index (χ3n) is 1.97. The monoisotopic (exact) mass is 191 g/mol. The van der Waals surface area contributed by atoms with Gasteiger partial charge in [-0.25, -0.2) is 5.14 Å². The maximum Gasteiger partial charge on any atom is 0.297 e. The smallest absolute Gasteiger partial charge is 0.265 e. The Morgan fingerprint density at radius 2 is 2.25 bits per heavy atom. The van der Waals surface area contributed by atoms with Crippen LogP contribution in [0.1, 0.15) is 26.7 Å². The second-order valence-electron chi connectivity index (χ2n) is 3.23. The molecule has 5 nitrogen and oxygen atoms in total. The first-order chi connectivity index (χ1) is 5.35. The summed E-state index contributed by atoms with van der Waals surface area (Å²) < 4.78 is 23.2. The normalized spacial score (nSPS) is 29.1. The Kier molecular flexibility index (Phi) is 2.13. The van der Waals surface area contributed by atoms with Crippen LogP contribution in [-0.2, 0) is 10.2 Å². The van der Waals surface area contributed by atoms with Crippen LogP contribution in [0.4, 0.5) is 0 Å². The molecule has 3 N–H and O–H groups in total. The number of aliphatic imine (C=N–C) groups is 1. The van der Waals surface area contributed by atoms with Gasteiger partial charge in [-0.1, -0.05) is 6.92 Å². The quantitative estimate of drug-likeness (QED) is 0.630. The summed E-state index contributed by atoms with van der Waals surface area (Å²) >= 11 is 0. The number of amidine groups is 1. The lowest BCUT2D eigenvalue weighted by atomic mass is 9.89. The first-order valence-electron chi connectivity index (χ1n) is 3.74. The highest BCUT2D eigenvalue weighted by Gasteiger charge is 2.33. The minimum Gasteiger partial charge on any atom is -0.265 e. The Morgan fingerprint density at radius 3 is 2.58 bits per heavy atom. The van der Waals surface area contributed by atoms with Gasteiger partial charge in [-0.2, -0.15) is 8.42 Å². The highest BCUT2D eigenvalue weighted by molar-refractivity contribution is 7.87. The summed E-state index contributed by atoms with van der Waals surface area (Å²) in [6.45, 7) is 3.98. The van der Waals surface area contributed by atoms with Gasteiger partial charge in [0.15, 0.2) is 0 Å². The fraction of sp³-hybridized carbons (Fsp3) is 0.833. The van der Waals surface area contributed by atoms with Crippen molar-refractivity contribution in [1.29, 1.82) is 0 Å². The zero-order valence-corrected chi connectivity index (χ0v) is 7.98. The molecule has 0 saturated carbocycles. The number of hydrogen-bond donors (Lipinski definition) is 2. The summed E-state index contributed by atoms with van der Waals surface area (Å²) in [5.41, 5.74) is -0.0903. The van der Waals surface area contributed by atoms with Crippen molar-refractivity contribution in [2.24, 2.45) is 10.1 Å². The lowest BCUT2D eigenvalue weighted by Crippen LogP contribution is -2.47. The molecule has 12 heavy (non-hydrogen) atoms. The summed E-state index contributed by atoms with van der Waals surface area (Å²) in [5, 5.41) is 4.76. The number of nitrogens with zero attached hydrogens (tertiary/aromatic N) is 1. The number of nitrogens with one attached hydrogen (secondary N) is 1. The van der Waals surface area contributed by atoms with Crippen molar-refractivity contribution in [1.82, 2.24) is 4.72 Å². The maximum atomic E-state index is 10.5. The Hall–Kier alpha value is -0.620. The minimum atomic E-state index is -3.62. The van der Waals surface area contributed by atoms with Crippen LogP contribution in [0.25, 0.3) is 0 Å². The number of rotatable bonds is 2. The predicted molar refractivity (Wildman–Crippen MR) is 47.0 cm³/mol. The molecule has 70 valence electrons. The molecule has 0 aromatic carbocycles. The second-order valence-corrected chi connectivity index (χ2v) is 4.53. The van der Waals surface area contributed by atoms with Crippen molar-refractivity contribution in [3.05, 3.63) is 0 Å². The third kappa shape index (κ3) is 2.18. The zero-order valence-electron chi connectivity index (χ0n) is 7.16. The van der Waals surface area contributed by atoms with Crippen LogP contribution in [0.3, 0.4) is 0 Å². The van der Waals surface area contributed by atoms with Crippen LogP contribution in [0.15, 0.2) is 4.99 Å². The molecule has 0 spiro atoms. The molecule has 1 aliphatic rings. The molecule has 1 heterocycles. The van der Waals surface area contributed by atoms with Crippen molar-refractivity contribution in [2.45, 2.75) is 32.2 Å². The van der Waals surface area contributed by atoms with Gasteiger partial charge in [-0.3, -0.25) is 9.71 Å². The molecule has 0 aromatic heterocycles. The van der Waals surface area contributed by atoms with Crippen molar-refractivity contribution in [3.63, 3.8) is 0 Å². The predicted octanol–water partition coefficient (Wildman–Crippen LogP) is -0.250. The van der Waals surface area contributed by atoms with E-state index in [4.69, 9.17) is 5.14 Å². The fourth-order valence-electron chi connectivity index (χ4n) is 1.10. The molecule has 0 radical (unpaired) electrons. The average molecular weight is 191 g/mol. The van der Waals surface area contributed by atoms with Crippen molar-refractivity contribution in [2.75, 3.05) is 0 Å². The molecular formula is C6H13N3O2S. The van der Waals surface area contributed by atoms with Gasteiger partial charge < -0.3 is 0 Å². The van der Waals surface area contributed by atoms with E-state index in [0.717, 1.165) is 6.42 Å². The Labute approximate surface area is 72.2 Å². The van der Waals surface area contributed by atoms with Gasteiger partial charge in [0.2, 0.25) is 0 Å². The first kappa shape index (κ1) is 9.47. The lowest BCUT2D eigenvalue weighted by Gasteiger charge is -2.33. The minimum absolute atomic E-state index is 0.0903. The first-order valence-corrected chi connectivity index (χ1v) is 5.28. The van der Waals surface area contributed by atoms with E-state index < -0.39 is 10.2 Å². The van der Waals surface area contributed by atoms with E-state index >= 15 is 0 Å². The van der Waals surface area contributed by atoms with E-state index in [1.54, 1.807) is 0 Å². The molecular weight excluding hydrogens is 178 g/mol. The molecule has 0 fully saturated rings. The standard InChI is InChI=1S/C6H13N3O2S/c1-3-6(2)4-5(8-6)9-12(7,10)11/h3-4H2,1-2H3,(H,8,9)(H2,7,10,11). The summed E-state index contributed by atoms with van der Waals surface area (Å²) in [6, 6.07) is 0. The maximum absolute atomic E-state index is 10.5. The van der Waals surface area contributed by atoms with E-state index in [1.165, 1.54) is 0 Å². The molecule has 1 rings (SSSR count). The van der Waals surface area contributed by atoms with Crippen molar-refractivity contribution >= 4 is 16.0 Å². The van der Waals surface area contributed by atoms with Gasteiger partial charge in [0, 0.05) is 6.42 Å². The SMILES string of the molecule is CCC1(C)CC(NS(N)(=O)=O)=N1. The van der Waals surface area contributed by atoms with E-state index in [2.05, 4.69) is 9.71 Å². The zero-order chi connectivity index (χ0) is 9.41. The molecule has 1 aliphatic heterocycles. The van der Waals surface area contributed by atoms with Crippen LogP contribution in [0.2, 0.25) is 0 Å². The third-order valence-corrected chi connectivity index (χ3v) is 2.50. The lowest BCUT2D eigenvalue weighted by molar-refractivity contribution is 0.426.